The number of anilines is 3. The van der Waals surface area contributed by atoms with E-state index in [0.717, 1.165) is 33.5 Å². The largest absolute Gasteiger partial charge is 0.398 e. The van der Waals surface area contributed by atoms with E-state index in [1.54, 1.807) is 0 Å². The molecule has 21 heavy (non-hydrogen) atoms. The number of nitrogens with two attached hydrogens (primary N) is 1. The van der Waals surface area contributed by atoms with Crippen molar-refractivity contribution in [1.82, 2.24) is 4.98 Å². The molecule has 106 valence electrons. The lowest BCUT2D eigenvalue weighted by molar-refractivity contribution is 1.22. The molecule has 2 aromatic carbocycles. The second-order valence-electron chi connectivity index (χ2n) is 5.58. The van der Waals surface area contributed by atoms with Crippen molar-refractivity contribution in [2.24, 2.45) is 0 Å². The highest BCUT2D eigenvalue weighted by atomic mass is 14.9. The number of benzene rings is 2. The second kappa shape index (κ2) is 5.09. The molecule has 3 heteroatoms. The number of fused-ring (bicyclic) bond motifs is 1. The summed E-state index contributed by atoms with van der Waals surface area (Å²) >= 11 is 0. The Morgan fingerprint density at radius 2 is 1.62 bits per heavy atom. The van der Waals surface area contributed by atoms with Gasteiger partial charge < -0.3 is 11.1 Å². The van der Waals surface area contributed by atoms with Gasteiger partial charge in [-0.25, -0.2) is 0 Å². The van der Waals surface area contributed by atoms with Crippen molar-refractivity contribution >= 4 is 27.8 Å². The van der Waals surface area contributed by atoms with Crippen LogP contribution in [0.15, 0.2) is 42.6 Å². The Morgan fingerprint density at radius 3 is 2.33 bits per heavy atom. The summed E-state index contributed by atoms with van der Waals surface area (Å²) in [5.41, 5.74) is 12.4. The van der Waals surface area contributed by atoms with Crippen molar-refractivity contribution in [3.63, 3.8) is 0 Å². The topological polar surface area (TPSA) is 50.9 Å². The number of nitrogens with zero attached hydrogens (tertiary/aromatic N) is 1. The number of aryl methyl sites for hydroxylation is 3. The minimum atomic E-state index is 0.753. The quantitative estimate of drug-likeness (QED) is 0.679. The first-order chi connectivity index (χ1) is 10.0. The standard InChI is InChI=1S/C18H19N3/c1-11-6-12(2)8-14(7-11)21-18-5-4-17(19)16-10-20-13(3)9-15(16)18/h4-10,21H,19H2,1-3H3. The average molecular weight is 277 g/mol. The lowest BCUT2D eigenvalue weighted by atomic mass is 10.1. The number of nitrogen functional groups attached to an aromatic ring is 1. The summed E-state index contributed by atoms with van der Waals surface area (Å²) in [6, 6.07) is 12.5. The predicted molar refractivity (Wildman–Crippen MR) is 90.1 cm³/mol. The van der Waals surface area contributed by atoms with Gasteiger partial charge in [0.1, 0.15) is 0 Å². The van der Waals surface area contributed by atoms with Crippen LogP contribution in [0, 0.1) is 20.8 Å². The predicted octanol–water partition coefficient (Wildman–Crippen LogP) is 4.49. The van der Waals surface area contributed by atoms with E-state index in [-0.39, 0.29) is 0 Å². The first kappa shape index (κ1) is 13.4. The molecule has 0 aliphatic carbocycles. The molecule has 0 fully saturated rings. The van der Waals surface area contributed by atoms with Crippen LogP contribution in [0.4, 0.5) is 17.1 Å². The van der Waals surface area contributed by atoms with Crippen molar-refractivity contribution in [3.8, 4) is 0 Å². The molecule has 0 saturated carbocycles. The smallest absolute Gasteiger partial charge is 0.0466 e. The van der Waals surface area contributed by atoms with E-state index in [1.807, 2.05) is 25.3 Å². The van der Waals surface area contributed by atoms with Crippen LogP contribution in [-0.2, 0) is 0 Å². The molecule has 1 aromatic heterocycles. The molecular weight excluding hydrogens is 258 g/mol. The zero-order chi connectivity index (χ0) is 15.0. The Balaban J connectivity index is 2.12. The van der Waals surface area contributed by atoms with Crippen LogP contribution >= 0.6 is 0 Å². The molecule has 3 N–H and O–H groups in total. The molecule has 0 spiro atoms. The van der Waals surface area contributed by atoms with Crippen LogP contribution < -0.4 is 11.1 Å². The van der Waals surface area contributed by atoms with E-state index in [1.165, 1.54) is 11.1 Å². The Labute approximate surface area is 124 Å². The molecule has 0 radical (unpaired) electrons. The molecule has 0 saturated heterocycles. The molecule has 1 heterocycles. The Morgan fingerprint density at radius 1 is 0.905 bits per heavy atom. The zero-order valence-electron chi connectivity index (χ0n) is 12.6. The molecule has 0 unspecified atom stereocenters. The van der Waals surface area contributed by atoms with Crippen molar-refractivity contribution in [2.45, 2.75) is 20.8 Å². The van der Waals surface area contributed by atoms with Gasteiger partial charge in [-0.05, 0) is 62.2 Å². The Hall–Kier alpha value is -2.55. The molecule has 0 aliphatic rings. The SMILES string of the molecule is Cc1cc(C)cc(Nc2ccc(N)c3cnc(C)cc23)c1. The van der Waals surface area contributed by atoms with Crippen LogP contribution in [0.2, 0.25) is 0 Å². The highest BCUT2D eigenvalue weighted by molar-refractivity contribution is 6.01. The number of hydrogen-bond acceptors (Lipinski definition) is 3. The van der Waals surface area contributed by atoms with Gasteiger partial charge in [-0.2, -0.15) is 0 Å². The second-order valence-corrected chi connectivity index (χ2v) is 5.58. The van der Waals surface area contributed by atoms with Gasteiger partial charge in [0.2, 0.25) is 0 Å². The summed E-state index contributed by atoms with van der Waals surface area (Å²) in [5.74, 6) is 0. The van der Waals surface area contributed by atoms with Gasteiger partial charge in [-0.1, -0.05) is 6.07 Å². The third-order valence-electron chi connectivity index (χ3n) is 3.57. The highest BCUT2D eigenvalue weighted by Gasteiger charge is 2.06. The van der Waals surface area contributed by atoms with Gasteiger partial charge in [0.25, 0.3) is 0 Å². The molecule has 3 rings (SSSR count). The van der Waals surface area contributed by atoms with E-state index < -0.39 is 0 Å². The van der Waals surface area contributed by atoms with E-state index in [4.69, 9.17) is 5.73 Å². The number of aromatic nitrogens is 1. The van der Waals surface area contributed by atoms with Crippen LogP contribution in [0.25, 0.3) is 10.8 Å². The first-order valence-electron chi connectivity index (χ1n) is 7.03. The maximum atomic E-state index is 6.05. The summed E-state index contributed by atoms with van der Waals surface area (Å²) in [6.07, 6.45) is 1.84. The van der Waals surface area contributed by atoms with Gasteiger partial charge in [0.15, 0.2) is 0 Å². The van der Waals surface area contributed by atoms with Gasteiger partial charge in [0, 0.05) is 39.7 Å². The van der Waals surface area contributed by atoms with Gasteiger partial charge in [0.05, 0.1) is 0 Å². The van der Waals surface area contributed by atoms with Gasteiger partial charge in [-0.3, -0.25) is 4.98 Å². The summed E-state index contributed by atoms with van der Waals surface area (Å²) in [5, 5.41) is 5.58. The minimum absolute atomic E-state index is 0.753. The number of pyridine rings is 1. The van der Waals surface area contributed by atoms with E-state index >= 15 is 0 Å². The van der Waals surface area contributed by atoms with Gasteiger partial charge >= 0.3 is 0 Å². The first-order valence-corrected chi connectivity index (χ1v) is 7.03. The van der Waals surface area contributed by atoms with Crippen LogP contribution in [0.5, 0.6) is 0 Å². The van der Waals surface area contributed by atoms with Crippen molar-refractivity contribution in [1.29, 1.82) is 0 Å². The van der Waals surface area contributed by atoms with Crippen LogP contribution in [0.3, 0.4) is 0 Å². The number of hydrogen-bond donors (Lipinski definition) is 2. The lowest BCUT2D eigenvalue weighted by Gasteiger charge is -2.13. The van der Waals surface area contributed by atoms with Crippen molar-refractivity contribution < 1.29 is 0 Å². The molecule has 3 nitrogen and oxygen atoms in total. The third kappa shape index (κ3) is 2.68. The fourth-order valence-electron chi connectivity index (χ4n) is 2.68. The maximum absolute atomic E-state index is 6.05. The molecular formula is C18H19N3. The van der Waals surface area contributed by atoms with Crippen molar-refractivity contribution in [3.05, 3.63) is 59.4 Å². The number of nitrogens with one attached hydrogen (secondary N) is 1. The normalized spacial score (nSPS) is 10.8. The van der Waals surface area contributed by atoms with E-state index in [9.17, 15) is 0 Å². The summed E-state index contributed by atoms with van der Waals surface area (Å²) in [7, 11) is 0. The molecule has 0 amide bonds. The zero-order valence-corrected chi connectivity index (χ0v) is 12.6. The minimum Gasteiger partial charge on any atom is -0.398 e. The number of rotatable bonds is 2. The van der Waals surface area contributed by atoms with Crippen LogP contribution in [0.1, 0.15) is 16.8 Å². The summed E-state index contributed by atoms with van der Waals surface area (Å²) in [6.45, 7) is 6.20. The highest BCUT2D eigenvalue weighted by Crippen LogP contribution is 2.31. The van der Waals surface area contributed by atoms with Crippen LogP contribution in [-0.4, -0.2) is 4.98 Å². The summed E-state index contributed by atoms with van der Waals surface area (Å²) < 4.78 is 0. The molecule has 3 aromatic rings. The van der Waals surface area contributed by atoms with Crippen molar-refractivity contribution in [2.75, 3.05) is 11.1 Å². The van der Waals surface area contributed by atoms with E-state index in [0.29, 0.717) is 0 Å². The molecule has 0 aliphatic heterocycles. The Bertz CT molecular complexity index is 802. The fraction of sp³-hybridized carbons (Fsp3) is 0.167. The van der Waals surface area contributed by atoms with Gasteiger partial charge in [-0.15, -0.1) is 0 Å². The maximum Gasteiger partial charge on any atom is 0.0466 e. The lowest BCUT2D eigenvalue weighted by Crippen LogP contribution is -1.96. The molecule has 0 bridgehead atoms. The third-order valence-corrected chi connectivity index (χ3v) is 3.57. The summed E-state index contributed by atoms with van der Waals surface area (Å²) in [4.78, 5) is 4.34. The average Bonchev–Trinajstić information content (AvgIpc) is 2.41. The van der Waals surface area contributed by atoms with E-state index in [2.05, 4.69) is 48.4 Å². The molecule has 0 atom stereocenters. The monoisotopic (exact) mass is 277 g/mol. The fourth-order valence-corrected chi connectivity index (χ4v) is 2.68. The Kier molecular flexibility index (Phi) is 3.26.